The second-order valence-corrected chi connectivity index (χ2v) is 6.40. The highest BCUT2D eigenvalue weighted by molar-refractivity contribution is 5.62. The fraction of sp³-hybridized carbons (Fsp3) is 0.421. The van der Waals surface area contributed by atoms with E-state index in [4.69, 9.17) is 16.2 Å². The Kier molecular flexibility index (Phi) is 6.17. The molecule has 0 unspecified atom stereocenters. The van der Waals surface area contributed by atoms with Gasteiger partial charge in [-0.15, -0.1) is 0 Å². The van der Waals surface area contributed by atoms with Crippen molar-refractivity contribution in [2.75, 3.05) is 13.2 Å². The van der Waals surface area contributed by atoms with E-state index in [1.54, 1.807) is 6.20 Å². The van der Waals surface area contributed by atoms with Gasteiger partial charge in [-0.05, 0) is 38.3 Å². The van der Waals surface area contributed by atoms with Gasteiger partial charge in [0.05, 0.1) is 12.7 Å². The fourth-order valence-electron chi connectivity index (χ4n) is 2.49. The molecule has 0 spiro atoms. The van der Waals surface area contributed by atoms with Crippen LogP contribution in [0.5, 0.6) is 0 Å². The van der Waals surface area contributed by atoms with Crippen LogP contribution in [0.3, 0.4) is 0 Å². The number of allylic oxidation sites excluding steroid dienone is 5. The number of aromatic nitrogens is 2. The summed E-state index contributed by atoms with van der Waals surface area (Å²) in [7, 11) is 0. The van der Waals surface area contributed by atoms with Gasteiger partial charge in [0, 0.05) is 36.2 Å². The maximum Gasteiger partial charge on any atom is 0.0653 e. The summed E-state index contributed by atoms with van der Waals surface area (Å²) in [6, 6.07) is 0. The highest BCUT2D eigenvalue weighted by Gasteiger charge is 2.26. The van der Waals surface area contributed by atoms with Gasteiger partial charge in [-0.1, -0.05) is 30.4 Å². The number of rotatable bonds is 6. The van der Waals surface area contributed by atoms with Crippen LogP contribution < -0.4 is 11.5 Å². The van der Waals surface area contributed by atoms with E-state index in [1.165, 1.54) is 5.57 Å². The first-order chi connectivity index (χ1) is 11.4. The summed E-state index contributed by atoms with van der Waals surface area (Å²) in [6.45, 7) is 10.1. The predicted octanol–water partition coefficient (Wildman–Crippen LogP) is 2.77. The molecule has 0 aromatic carbocycles. The molecular weight excluding hydrogens is 300 g/mol. The van der Waals surface area contributed by atoms with E-state index in [0.29, 0.717) is 25.5 Å². The Hall–Kier alpha value is -2.11. The minimum absolute atomic E-state index is 0.388. The van der Waals surface area contributed by atoms with Crippen molar-refractivity contribution in [2.24, 2.45) is 11.5 Å². The first-order valence-electron chi connectivity index (χ1n) is 8.28. The van der Waals surface area contributed by atoms with Gasteiger partial charge in [0.25, 0.3) is 0 Å². The molecule has 1 saturated heterocycles. The Labute approximate surface area is 144 Å². The minimum atomic E-state index is -0.388. The lowest BCUT2D eigenvalue weighted by molar-refractivity contribution is 0.0680. The van der Waals surface area contributed by atoms with Crippen molar-refractivity contribution in [2.45, 2.75) is 38.8 Å². The van der Waals surface area contributed by atoms with Crippen LogP contribution in [0.1, 0.15) is 32.3 Å². The number of nitrogens with two attached hydrogens (primary N) is 2. The molecule has 2 rings (SSSR count). The van der Waals surface area contributed by atoms with Crippen LogP contribution in [0.25, 0.3) is 5.70 Å². The van der Waals surface area contributed by atoms with Gasteiger partial charge < -0.3 is 16.2 Å². The molecule has 0 radical (unpaired) electrons. The van der Waals surface area contributed by atoms with E-state index >= 15 is 0 Å². The van der Waals surface area contributed by atoms with Crippen molar-refractivity contribution in [1.29, 1.82) is 0 Å². The summed E-state index contributed by atoms with van der Waals surface area (Å²) < 4.78 is 7.20. The lowest BCUT2D eigenvalue weighted by Crippen LogP contribution is -2.43. The Morgan fingerprint density at radius 2 is 2.12 bits per heavy atom. The smallest absolute Gasteiger partial charge is 0.0653 e. The third kappa shape index (κ3) is 5.22. The molecule has 1 aliphatic rings. The van der Waals surface area contributed by atoms with Crippen molar-refractivity contribution in [1.82, 2.24) is 9.78 Å². The van der Waals surface area contributed by atoms with Crippen molar-refractivity contribution >= 4 is 5.70 Å². The van der Waals surface area contributed by atoms with Gasteiger partial charge in [-0.2, -0.15) is 5.10 Å². The standard InChI is InChI=1S/C19H28N4O/c1-4-15(2)5-6-16(3)13-23-14-17(12-22-23)18(20)11-19(21)7-9-24-10-8-19/h4-6,11-12,14H,3,7-10,13,20-21H2,1-2H3/b6-5-,15-4-,18-11-. The molecule has 0 amide bonds. The third-order valence-electron chi connectivity index (χ3n) is 4.24. The Bertz CT molecular complexity index is 661. The average Bonchev–Trinajstić information content (AvgIpc) is 3.01. The highest BCUT2D eigenvalue weighted by atomic mass is 16.5. The quantitative estimate of drug-likeness (QED) is 0.787. The van der Waals surface area contributed by atoms with E-state index in [2.05, 4.69) is 24.7 Å². The van der Waals surface area contributed by atoms with Crippen LogP contribution in [0.2, 0.25) is 0 Å². The SMILES string of the molecule is C=C(/C=C\C(C)=C/C)Cn1cc(/C(N)=C/C2(N)CCOCC2)cn1. The number of ether oxygens (including phenoxy) is 1. The van der Waals surface area contributed by atoms with Crippen LogP contribution in [0.15, 0.2) is 54.4 Å². The molecule has 0 aliphatic carbocycles. The van der Waals surface area contributed by atoms with Crippen LogP contribution in [-0.4, -0.2) is 28.5 Å². The third-order valence-corrected chi connectivity index (χ3v) is 4.24. The molecule has 1 aromatic rings. The zero-order valence-electron chi connectivity index (χ0n) is 14.7. The molecule has 0 saturated carbocycles. The Morgan fingerprint density at radius 1 is 1.42 bits per heavy atom. The monoisotopic (exact) mass is 328 g/mol. The first-order valence-corrected chi connectivity index (χ1v) is 8.28. The number of nitrogens with zero attached hydrogens (tertiary/aromatic N) is 2. The number of hydrogen-bond acceptors (Lipinski definition) is 4. The van der Waals surface area contributed by atoms with Crippen LogP contribution >= 0.6 is 0 Å². The topological polar surface area (TPSA) is 79.1 Å². The zero-order valence-corrected chi connectivity index (χ0v) is 14.7. The fourth-order valence-corrected chi connectivity index (χ4v) is 2.49. The van der Waals surface area contributed by atoms with Gasteiger partial charge in [-0.3, -0.25) is 4.68 Å². The predicted molar refractivity (Wildman–Crippen MR) is 99.1 cm³/mol. The van der Waals surface area contributed by atoms with Crippen molar-refractivity contribution in [3.05, 3.63) is 60.0 Å². The summed E-state index contributed by atoms with van der Waals surface area (Å²) >= 11 is 0. The molecule has 5 nitrogen and oxygen atoms in total. The highest BCUT2D eigenvalue weighted by Crippen LogP contribution is 2.22. The summed E-state index contributed by atoms with van der Waals surface area (Å²) in [5, 5.41) is 4.36. The lowest BCUT2D eigenvalue weighted by Gasteiger charge is -2.30. The molecule has 2 heterocycles. The van der Waals surface area contributed by atoms with Crippen LogP contribution in [0.4, 0.5) is 0 Å². The first kappa shape index (κ1) is 18.2. The molecule has 1 aromatic heterocycles. The van der Waals surface area contributed by atoms with Crippen molar-refractivity contribution < 1.29 is 4.74 Å². The normalized spacial score (nSPS) is 19.0. The second kappa shape index (κ2) is 8.13. The van der Waals surface area contributed by atoms with Gasteiger partial charge in [0.1, 0.15) is 0 Å². The molecule has 1 fully saturated rings. The second-order valence-electron chi connectivity index (χ2n) is 6.40. The summed E-state index contributed by atoms with van der Waals surface area (Å²) in [5.74, 6) is 0. The van der Waals surface area contributed by atoms with Crippen molar-refractivity contribution in [3.8, 4) is 0 Å². The molecule has 130 valence electrons. The number of hydrogen-bond donors (Lipinski definition) is 2. The van der Waals surface area contributed by atoms with E-state index in [-0.39, 0.29) is 5.54 Å². The van der Waals surface area contributed by atoms with E-state index in [0.717, 1.165) is 24.0 Å². The van der Waals surface area contributed by atoms with Crippen molar-refractivity contribution in [3.63, 3.8) is 0 Å². The molecule has 1 aliphatic heterocycles. The summed E-state index contributed by atoms with van der Waals surface area (Å²) in [6.07, 6.45) is 13.3. The summed E-state index contributed by atoms with van der Waals surface area (Å²) in [4.78, 5) is 0. The summed E-state index contributed by atoms with van der Waals surface area (Å²) in [5.41, 5.74) is 15.9. The van der Waals surface area contributed by atoms with E-state index in [9.17, 15) is 0 Å². The molecule has 0 atom stereocenters. The van der Waals surface area contributed by atoms with Gasteiger partial charge in [0.2, 0.25) is 0 Å². The maximum atomic E-state index is 6.37. The molecule has 5 heteroatoms. The molecule has 24 heavy (non-hydrogen) atoms. The molecule has 0 bridgehead atoms. The van der Waals surface area contributed by atoms with Crippen LogP contribution in [0, 0.1) is 0 Å². The van der Waals surface area contributed by atoms with Gasteiger partial charge in [0.15, 0.2) is 0 Å². The van der Waals surface area contributed by atoms with Gasteiger partial charge in [-0.25, -0.2) is 0 Å². The average molecular weight is 328 g/mol. The lowest BCUT2D eigenvalue weighted by atomic mass is 9.90. The minimum Gasteiger partial charge on any atom is -0.398 e. The van der Waals surface area contributed by atoms with Crippen LogP contribution in [-0.2, 0) is 11.3 Å². The largest absolute Gasteiger partial charge is 0.398 e. The zero-order chi connectivity index (χ0) is 17.6. The van der Waals surface area contributed by atoms with E-state index < -0.39 is 0 Å². The molecular formula is C19H28N4O. The van der Waals surface area contributed by atoms with E-state index in [1.807, 2.05) is 36.0 Å². The maximum absolute atomic E-state index is 6.37. The van der Waals surface area contributed by atoms with Gasteiger partial charge >= 0.3 is 0 Å². The Morgan fingerprint density at radius 3 is 2.79 bits per heavy atom. The Balaban J connectivity index is 2.02. The molecule has 4 N–H and O–H groups in total.